The van der Waals surface area contributed by atoms with Crippen molar-refractivity contribution in [3.8, 4) is 44.5 Å². The van der Waals surface area contributed by atoms with Crippen molar-refractivity contribution >= 4 is 82.1 Å². The number of para-hydroxylation sites is 1. The molecule has 0 aliphatic heterocycles. The summed E-state index contributed by atoms with van der Waals surface area (Å²) in [5, 5.41) is 12.2. The SMILES string of the molecule is c1ccc(-c2c(-c3ccccc3)c3cc(-c4cccc(N(c5ccc(-c6cccc7c6ccc6ccccc67)cc5)c5ccc6oc7ccccc7c6c5)c4)ccc3c3ccccc23)cc1. The average molecular weight is 840 g/mol. The average Bonchev–Trinajstić information content (AvgIpc) is 3.77. The quantitative estimate of drug-likeness (QED) is 0.149. The molecule has 1 heterocycles. The molecule has 13 rings (SSSR count). The molecular formula is C64H41NO. The van der Waals surface area contributed by atoms with Gasteiger partial charge in [0.05, 0.1) is 0 Å². The molecule has 0 saturated carbocycles. The monoisotopic (exact) mass is 839 g/mol. The summed E-state index contributed by atoms with van der Waals surface area (Å²) in [7, 11) is 0. The lowest BCUT2D eigenvalue weighted by molar-refractivity contribution is 0.669. The van der Waals surface area contributed by atoms with E-state index in [4.69, 9.17) is 4.42 Å². The molecule has 66 heavy (non-hydrogen) atoms. The van der Waals surface area contributed by atoms with E-state index in [-0.39, 0.29) is 0 Å². The molecule has 0 atom stereocenters. The summed E-state index contributed by atoms with van der Waals surface area (Å²) in [6, 6.07) is 90.4. The predicted molar refractivity (Wildman–Crippen MR) is 280 cm³/mol. The van der Waals surface area contributed by atoms with Crippen LogP contribution in [0.1, 0.15) is 0 Å². The molecule has 0 saturated heterocycles. The Bertz CT molecular complexity index is 3980. The minimum Gasteiger partial charge on any atom is -0.456 e. The third-order valence-electron chi connectivity index (χ3n) is 13.4. The summed E-state index contributed by atoms with van der Waals surface area (Å²) in [5.74, 6) is 0. The Morgan fingerprint density at radius 1 is 0.242 bits per heavy atom. The van der Waals surface area contributed by atoms with Gasteiger partial charge in [-0.05, 0) is 142 Å². The minimum absolute atomic E-state index is 0.875. The van der Waals surface area contributed by atoms with Gasteiger partial charge in [0.1, 0.15) is 11.2 Å². The van der Waals surface area contributed by atoms with Crippen molar-refractivity contribution in [2.24, 2.45) is 0 Å². The third-order valence-corrected chi connectivity index (χ3v) is 13.4. The lowest BCUT2D eigenvalue weighted by Gasteiger charge is -2.26. The zero-order chi connectivity index (χ0) is 43.6. The van der Waals surface area contributed by atoms with Crippen LogP contribution < -0.4 is 4.90 Å². The first-order valence-electron chi connectivity index (χ1n) is 22.7. The van der Waals surface area contributed by atoms with Gasteiger partial charge < -0.3 is 9.32 Å². The molecule has 0 spiro atoms. The molecule has 0 amide bonds. The van der Waals surface area contributed by atoms with Crippen LogP contribution in [0.2, 0.25) is 0 Å². The zero-order valence-corrected chi connectivity index (χ0v) is 36.0. The maximum Gasteiger partial charge on any atom is 0.135 e. The van der Waals surface area contributed by atoms with E-state index in [2.05, 4.69) is 241 Å². The number of benzene rings is 12. The molecule has 0 unspecified atom stereocenters. The largest absolute Gasteiger partial charge is 0.456 e. The van der Waals surface area contributed by atoms with Crippen molar-refractivity contribution < 1.29 is 4.42 Å². The Morgan fingerprint density at radius 3 is 1.58 bits per heavy atom. The summed E-state index contributed by atoms with van der Waals surface area (Å²) in [5.41, 5.74) is 14.6. The standard InChI is InChI=1S/C64H41NO/c1-3-16-44(17-4-1)63-58-25-10-9-23-54(58)56-37-32-47(40-60(56)64(63)45-18-5-2-6-19-45)46-20-13-21-49(39-46)65(50-35-38-62-59(41-50)57-24-11-12-28-61(57)66-62)48-33-29-43(30-34-48)52-26-14-27-53-51-22-8-7-15-42(51)31-36-55(52)53/h1-41H. The number of anilines is 3. The van der Waals surface area contributed by atoms with E-state index in [1.165, 1.54) is 76.5 Å². The summed E-state index contributed by atoms with van der Waals surface area (Å²) in [6.45, 7) is 0. The summed E-state index contributed by atoms with van der Waals surface area (Å²) in [6.07, 6.45) is 0. The van der Waals surface area contributed by atoms with E-state index in [1.807, 2.05) is 12.1 Å². The van der Waals surface area contributed by atoms with Crippen LogP contribution in [0.25, 0.3) is 110 Å². The number of hydrogen-bond donors (Lipinski definition) is 0. The van der Waals surface area contributed by atoms with E-state index < -0.39 is 0 Å². The highest BCUT2D eigenvalue weighted by Crippen LogP contribution is 2.47. The van der Waals surface area contributed by atoms with E-state index in [0.717, 1.165) is 50.1 Å². The Kier molecular flexibility index (Phi) is 8.89. The molecule has 308 valence electrons. The highest BCUT2D eigenvalue weighted by Gasteiger charge is 2.20. The van der Waals surface area contributed by atoms with Crippen molar-refractivity contribution in [1.29, 1.82) is 0 Å². The predicted octanol–water partition coefficient (Wildman–Crippen LogP) is 18.3. The number of hydrogen-bond acceptors (Lipinski definition) is 2. The van der Waals surface area contributed by atoms with Gasteiger partial charge in [0, 0.05) is 27.8 Å². The normalized spacial score (nSPS) is 11.6. The van der Waals surface area contributed by atoms with E-state index in [0.29, 0.717) is 0 Å². The van der Waals surface area contributed by atoms with Gasteiger partial charge in [0.25, 0.3) is 0 Å². The van der Waals surface area contributed by atoms with Crippen LogP contribution in [0.3, 0.4) is 0 Å². The van der Waals surface area contributed by atoms with Crippen LogP contribution >= 0.6 is 0 Å². The number of nitrogens with zero attached hydrogens (tertiary/aromatic N) is 1. The number of rotatable bonds is 7. The van der Waals surface area contributed by atoms with E-state index in [1.54, 1.807) is 0 Å². The third kappa shape index (κ3) is 6.26. The second-order valence-corrected chi connectivity index (χ2v) is 17.2. The Morgan fingerprint density at radius 2 is 0.773 bits per heavy atom. The second-order valence-electron chi connectivity index (χ2n) is 17.2. The molecule has 0 radical (unpaired) electrons. The van der Waals surface area contributed by atoms with Crippen LogP contribution in [0, 0.1) is 0 Å². The molecule has 2 nitrogen and oxygen atoms in total. The molecule has 0 aliphatic carbocycles. The highest BCUT2D eigenvalue weighted by atomic mass is 16.3. The molecule has 2 heteroatoms. The van der Waals surface area contributed by atoms with Crippen molar-refractivity contribution in [2.45, 2.75) is 0 Å². The fraction of sp³-hybridized carbons (Fsp3) is 0. The van der Waals surface area contributed by atoms with Gasteiger partial charge in [0.2, 0.25) is 0 Å². The van der Waals surface area contributed by atoms with Gasteiger partial charge in [-0.2, -0.15) is 0 Å². The van der Waals surface area contributed by atoms with Crippen LogP contribution in [0.5, 0.6) is 0 Å². The van der Waals surface area contributed by atoms with Crippen molar-refractivity contribution in [3.63, 3.8) is 0 Å². The fourth-order valence-electron chi connectivity index (χ4n) is 10.4. The molecule has 0 fully saturated rings. The number of furan rings is 1. The Balaban J connectivity index is 0.984. The Hall–Kier alpha value is -8.72. The molecule has 0 bridgehead atoms. The maximum atomic E-state index is 6.32. The van der Waals surface area contributed by atoms with E-state index >= 15 is 0 Å². The maximum absolute atomic E-state index is 6.32. The topological polar surface area (TPSA) is 16.4 Å². The molecule has 12 aromatic carbocycles. The Labute approximate surface area is 382 Å². The van der Waals surface area contributed by atoms with Gasteiger partial charge in [-0.25, -0.2) is 0 Å². The first-order chi connectivity index (χ1) is 32.7. The van der Waals surface area contributed by atoms with E-state index in [9.17, 15) is 0 Å². The first kappa shape index (κ1) is 37.8. The zero-order valence-electron chi connectivity index (χ0n) is 36.0. The molecule has 0 N–H and O–H groups in total. The molecular weight excluding hydrogens is 799 g/mol. The van der Waals surface area contributed by atoms with Crippen LogP contribution in [0.15, 0.2) is 253 Å². The smallest absolute Gasteiger partial charge is 0.135 e. The number of fused-ring (bicyclic) bond motifs is 9. The van der Waals surface area contributed by atoms with Gasteiger partial charge >= 0.3 is 0 Å². The van der Waals surface area contributed by atoms with Gasteiger partial charge in [0.15, 0.2) is 0 Å². The summed E-state index contributed by atoms with van der Waals surface area (Å²) < 4.78 is 6.32. The minimum atomic E-state index is 0.875. The van der Waals surface area contributed by atoms with Crippen molar-refractivity contribution in [1.82, 2.24) is 0 Å². The fourth-order valence-corrected chi connectivity index (χ4v) is 10.4. The highest BCUT2D eigenvalue weighted by molar-refractivity contribution is 6.22. The van der Waals surface area contributed by atoms with Gasteiger partial charge in [-0.1, -0.05) is 194 Å². The van der Waals surface area contributed by atoms with Crippen molar-refractivity contribution in [3.05, 3.63) is 249 Å². The van der Waals surface area contributed by atoms with Gasteiger partial charge in [-0.3, -0.25) is 0 Å². The van der Waals surface area contributed by atoms with Crippen LogP contribution in [0.4, 0.5) is 17.1 Å². The van der Waals surface area contributed by atoms with Crippen molar-refractivity contribution in [2.75, 3.05) is 4.90 Å². The van der Waals surface area contributed by atoms with Crippen LogP contribution in [-0.4, -0.2) is 0 Å². The molecule has 0 aliphatic rings. The molecule has 13 aromatic rings. The summed E-state index contributed by atoms with van der Waals surface area (Å²) >= 11 is 0. The first-order valence-corrected chi connectivity index (χ1v) is 22.7. The molecule has 1 aromatic heterocycles. The summed E-state index contributed by atoms with van der Waals surface area (Å²) in [4.78, 5) is 2.38. The lowest BCUT2D eigenvalue weighted by Crippen LogP contribution is -2.10. The lowest BCUT2D eigenvalue weighted by atomic mass is 9.84. The van der Waals surface area contributed by atoms with Crippen LogP contribution in [-0.2, 0) is 0 Å². The van der Waals surface area contributed by atoms with Gasteiger partial charge in [-0.15, -0.1) is 0 Å². The second kappa shape index (κ2) is 15.5.